The molecule has 2 heterocycles. The number of nitrogens with zero attached hydrogens (tertiary/aromatic N) is 3. The van der Waals surface area contributed by atoms with E-state index in [2.05, 4.69) is 10.1 Å². The van der Waals surface area contributed by atoms with E-state index < -0.39 is 0 Å². The van der Waals surface area contributed by atoms with Crippen molar-refractivity contribution >= 4 is 11.3 Å². The van der Waals surface area contributed by atoms with Gasteiger partial charge in [0.25, 0.3) is 0 Å². The quantitative estimate of drug-likeness (QED) is 0.793. The summed E-state index contributed by atoms with van der Waals surface area (Å²) in [7, 11) is 4.72. The standard InChI is InChI=1S/C15H16N4O3/c1-20-12-4-9(5-13(21-2)15(12)22-3)11-6-14-17-7-10(16)8-19(14)18-11/h4-8H,16H2,1-3H3. The van der Waals surface area contributed by atoms with Crippen molar-refractivity contribution in [1.82, 2.24) is 14.6 Å². The Labute approximate surface area is 127 Å². The van der Waals surface area contributed by atoms with Gasteiger partial charge in [0.2, 0.25) is 5.75 Å². The highest BCUT2D eigenvalue weighted by Crippen LogP contribution is 2.40. The van der Waals surface area contributed by atoms with E-state index in [4.69, 9.17) is 19.9 Å². The van der Waals surface area contributed by atoms with Gasteiger partial charge in [-0.05, 0) is 12.1 Å². The van der Waals surface area contributed by atoms with Crippen LogP contribution in [0.3, 0.4) is 0 Å². The van der Waals surface area contributed by atoms with E-state index in [-0.39, 0.29) is 0 Å². The summed E-state index contributed by atoms with van der Waals surface area (Å²) in [6, 6.07) is 5.54. The minimum atomic E-state index is 0.542. The number of fused-ring (bicyclic) bond motifs is 1. The fourth-order valence-electron chi connectivity index (χ4n) is 2.26. The van der Waals surface area contributed by atoms with Gasteiger partial charge in [0, 0.05) is 11.6 Å². The topological polar surface area (TPSA) is 83.9 Å². The first-order valence-electron chi connectivity index (χ1n) is 6.57. The van der Waals surface area contributed by atoms with Gasteiger partial charge in [0.05, 0.1) is 45.1 Å². The van der Waals surface area contributed by atoms with Gasteiger partial charge in [-0.25, -0.2) is 9.50 Å². The number of methoxy groups -OCH3 is 3. The van der Waals surface area contributed by atoms with Crippen molar-refractivity contribution in [3.63, 3.8) is 0 Å². The molecule has 1 aromatic carbocycles. The zero-order valence-electron chi connectivity index (χ0n) is 12.5. The number of hydrogen-bond donors (Lipinski definition) is 1. The second-order valence-electron chi connectivity index (χ2n) is 4.63. The van der Waals surface area contributed by atoms with Gasteiger partial charge in [-0.1, -0.05) is 0 Å². The third kappa shape index (κ3) is 2.26. The third-order valence-electron chi connectivity index (χ3n) is 3.29. The fraction of sp³-hybridized carbons (Fsp3) is 0.200. The van der Waals surface area contributed by atoms with Crippen LogP contribution in [-0.4, -0.2) is 35.9 Å². The van der Waals surface area contributed by atoms with Gasteiger partial charge in [-0.3, -0.25) is 0 Å². The van der Waals surface area contributed by atoms with Gasteiger partial charge in [-0.15, -0.1) is 0 Å². The SMILES string of the molecule is COc1cc(-c2cc3ncc(N)cn3n2)cc(OC)c1OC. The summed E-state index contributed by atoms with van der Waals surface area (Å²) in [6.07, 6.45) is 3.31. The summed E-state index contributed by atoms with van der Waals surface area (Å²) in [5, 5.41) is 4.47. The van der Waals surface area contributed by atoms with Crippen molar-refractivity contribution in [1.29, 1.82) is 0 Å². The number of aromatic nitrogens is 3. The third-order valence-corrected chi connectivity index (χ3v) is 3.29. The number of anilines is 1. The molecule has 0 saturated heterocycles. The van der Waals surface area contributed by atoms with E-state index in [0.29, 0.717) is 28.6 Å². The average Bonchev–Trinajstić information content (AvgIpc) is 2.96. The molecule has 0 spiro atoms. The van der Waals surface area contributed by atoms with E-state index in [9.17, 15) is 0 Å². The predicted octanol–water partition coefficient (Wildman–Crippen LogP) is 2.00. The van der Waals surface area contributed by atoms with Crippen molar-refractivity contribution in [3.05, 3.63) is 30.6 Å². The largest absolute Gasteiger partial charge is 0.493 e. The maximum atomic E-state index is 5.72. The number of nitrogens with two attached hydrogens (primary N) is 1. The number of nitrogen functional groups attached to an aromatic ring is 1. The number of rotatable bonds is 4. The maximum absolute atomic E-state index is 5.72. The van der Waals surface area contributed by atoms with Crippen molar-refractivity contribution in [3.8, 4) is 28.5 Å². The molecule has 7 heteroatoms. The normalized spacial score (nSPS) is 10.7. The Hall–Kier alpha value is -2.96. The van der Waals surface area contributed by atoms with E-state index in [1.165, 1.54) is 0 Å². The van der Waals surface area contributed by atoms with Crippen LogP contribution in [0, 0.1) is 0 Å². The highest BCUT2D eigenvalue weighted by Gasteiger charge is 2.16. The Morgan fingerprint density at radius 3 is 2.27 bits per heavy atom. The lowest BCUT2D eigenvalue weighted by atomic mass is 10.1. The minimum Gasteiger partial charge on any atom is -0.493 e. The van der Waals surface area contributed by atoms with Crippen LogP contribution >= 0.6 is 0 Å². The molecule has 0 aliphatic carbocycles. The molecule has 0 amide bonds. The lowest BCUT2D eigenvalue weighted by Crippen LogP contribution is -1.96. The second kappa shape index (κ2) is 5.44. The van der Waals surface area contributed by atoms with Crippen molar-refractivity contribution in [2.24, 2.45) is 0 Å². The van der Waals surface area contributed by atoms with Gasteiger partial charge in [-0.2, -0.15) is 5.10 Å². The van der Waals surface area contributed by atoms with Crippen LogP contribution in [0.2, 0.25) is 0 Å². The van der Waals surface area contributed by atoms with Crippen LogP contribution in [0.5, 0.6) is 17.2 Å². The Kier molecular flexibility index (Phi) is 3.46. The van der Waals surface area contributed by atoms with Crippen LogP contribution in [0.15, 0.2) is 30.6 Å². The highest BCUT2D eigenvalue weighted by molar-refractivity contribution is 5.71. The molecule has 2 N–H and O–H groups in total. The number of ether oxygens (including phenoxy) is 3. The maximum Gasteiger partial charge on any atom is 0.203 e. The Morgan fingerprint density at radius 2 is 1.68 bits per heavy atom. The van der Waals surface area contributed by atoms with Crippen molar-refractivity contribution in [2.75, 3.05) is 27.1 Å². The summed E-state index contributed by atoms with van der Waals surface area (Å²) >= 11 is 0. The zero-order valence-corrected chi connectivity index (χ0v) is 12.5. The summed E-state index contributed by atoms with van der Waals surface area (Å²) in [6.45, 7) is 0. The Balaban J connectivity index is 2.17. The molecular weight excluding hydrogens is 284 g/mol. The molecule has 114 valence electrons. The molecule has 0 unspecified atom stereocenters. The molecule has 0 radical (unpaired) electrons. The molecule has 0 atom stereocenters. The van der Waals surface area contributed by atoms with Crippen molar-refractivity contribution in [2.45, 2.75) is 0 Å². The van der Waals surface area contributed by atoms with Gasteiger partial charge >= 0.3 is 0 Å². The monoisotopic (exact) mass is 300 g/mol. The van der Waals surface area contributed by atoms with Gasteiger partial charge < -0.3 is 19.9 Å². The first-order valence-corrected chi connectivity index (χ1v) is 6.57. The van der Waals surface area contributed by atoms with Crippen molar-refractivity contribution < 1.29 is 14.2 Å². The number of hydrogen-bond acceptors (Lipinski definition) is 6. The number of benzene rings is 1. The fourth-order valence-corrected chi connectivity index (χ4v) is 2.26. The van der Waals surface area contributed by atoms with Gasteiger partial charge in [0.15, 0.2) is 17.1 Å². The molecule has 0 aliphatic rings. The van der Waals surface area contributed by atoms with E-state index in [1.807, 2.05) is 18.2 Å². The molecule has 0 aliphatic heterocycles. The summed E-state index contributed by atoms with van der Waals surface area (Å²) in [5.74, 6) is 1.68. The van der Waals surface area contributed by atoms with Crippen LogP contribution in [0.25, 0.3) is 16.9 Å². The summed E-state index contributed by atoms with van der Waals surface area (Å²) < 4.78 is 17.7. The molecular formula is C15H16N4O3. The molecule has 7 nitrogen and oxygen atoms in total. The highest BCUT2D eigenvalue weighted by atomic mass is 16.5. The molecule has 0 bridgehead atoms. The molecule has 0 saturated carbocycles. The average molecular weight is 300 g/mol. The summed E-state index contributed by atoms with van der Waals surface area (Å²) in [5.41, 5.74) is 8.54. The molecule has 22 heavy (non-hydrogen) atoms. The molecule has 3 aromatic rings. The van der Waals surface area contributed by atoms with E-state index in [1.54, 1.807) is 38.2 Å². The van der Waals surface area contributed by atoms with Crippen LogP contribution < -0.4 is 19.9 Å². The molecule has 0 fully saturated rings. The molecule has 3 rings (SSSR count). The second-order valence-corrected chi connectivity index (χ2v) is 4.63. The van der Waals surface area contributed by atoms with Crippen LogP contribution in [0.4, 0.5) is 5.69 Å². The first-order chi connectivity index (χ1) is 10.7. The Morgan fingerprint density at radius 1 is 1.00 bits per heavy atom. The smallest absolute Gasteiger partial charge is 0.203 e. The van der Waals surface area contributed by atoms with E-state index in [0.717, 1.165) is 11.3 Å². The van der Waals surface area contributed by atoms with Gasteiger partial charge in [0.1, 0.15) is 0 Å². The van der Waals surface area contributed by atoms with E-state index >= 15 is 0 Å². The first kappa shape index (κ1) is 14.0. The van der Waals surface area contributed by atoms with Crippen LogP contribution in [0.1, 0.15) is 0 Å². The Bertz CT molecular complexity index is 804. The minimum absolute atomic E-state index is 0.542. The lowest BCUT2D eigenvalue weighted by Gasteiger charge is -2.13. The lowest BCUT2D eigenvalue weighted by molar-refractivity contribution is 0.324. The zero-order chi connectivity index (χ0) is 15.7. The molecule has 2 aromatic heterocycles. The predicted molar refractivity (Wildman–Crippen MR) is 82.5 cm³/mol. The van der Waals surface area contributed by atoms with Crippen LogP contribution in [-0.2, 0) is 0 Å². The summed E-state index contributed by atoms with van der Waals surface area (Å²) in [4.78, 5) is 4.23.